The maximum Gasteiger partial charge on any atom is 0.234 e. The Labute approximate surface area is 156 Å². The molecule has 130 valence electrons. The molecule has 5 nitrogen and oxygen atoms in total. The van der Waals surface area contributed by atoms with Gasteiger partial charge in [-0.25, -0.2) is 0 Å². The van der Waals surface area contributed by atoms with Crippen LogP contribution in [-0.4, -0.2) is 19.1 Å². The first-order valence-electron chi connectivity index (χ1n) is 7.51. The minimum Gasteiger partial charge on any atom is -0.490 e. The lowest BCUT2D eigenvalue weighted by Crippen LogP contribution is -2.21. The zero-order chi connectivity index (χ0) is 18.1. The molecule has 0 bridgehead atoms. The van der Waals surface area contributed by atoms with E-state index in [9.17, 15) is 4.79 Å². The molecule has 1 amide bonds. The number of hydrogen-bond donors (Lipinski definition) is 1. The van der Waals surface area contributed by atoms with E-state index < -0.39 is 0 Å². The van der Waals surface area contributed by atoms with Gasteiger partial charge in [0.2, 0.25) is 5.91 Å². The summed E-state index contributed by atoms with van der Waals surface area (Å²) in [6, 6.07) is 14.1. The summed E-state index contributed by atoms with van der Waals surface area (Å²) in [5.41, 5.74) is 0.877. The van der Waals surface area contributed by atoms with Gasteiger partial charge in [0.05, 0.1) is 11.1 Å². The highest BCUT2D eigenvalue weighted by Gasteiger charge is 2.04. The van der Waals surface area contributed by atoms with Gasteiger partial charge in [0.1, 0.15) is 31.1 Å². The molecule has 0 aliphatic carbocycles. The Balaban J connectivity index is 1.79. The molecule has 0 atom stereocenters. The van der Waals surface area contributed by atoms with E-state index in [2.05, 4.69) is 5.32 Å². The number of halogens is 2. The van der Waals surface area contributed by atoms with Crippen LogP contribution >= 0.6 is 23.2 Å². The van der Waals surface area contributed by atoms with Gasteiger partial charge in [0.25, 0.3) is 0 Å². The highest BCUT2D eigenvalue weighted by Crippen LogP contribution is 2.27. The zero-order valence-electron chi connectivity index (χ0n) is 13.3. The first kappa shape index (κ1) is 18.9. The largest absolute Gasteiger partial charge is 0.490 e. The molecule has 0 aliphatic heterocycles. The first-order valence-corrected chi connectivity index (χ1v) is 8.27. The summed E-state index contributed by atoms with van der Waals surface area (Å²) in [4.78, 5) is 11.3. The number of nitrogens with one attached hydrogen (secondary N) is 1. The van der Waals surface area contributed by atoms with E-state index in [0.29, 0.717) is 41.3 Å². The summed E-state index contributed by atoms with van der Waals surface area (Å²) in [7, 11) is 0. The summed E-state index contributed by atoms with van der Waals surface area (Å²) in [5.74, 6) is 0.861. The fraction of sp³-hybridized carbons (Fsp3) is 0.222. The fourth-order valence-corrected chi connectivity index (χ4v) is 2.31. The third-order valence-electron chi connectivity index (χ3n) is 3.13. The van der Waals surface area contributed by atoms with Crippen LogP contribution in [0.1, 0.15) is 12.0 Å². The van der Waals surface area contributed by atoms with E-state index in [4.69, 9.17) is 37.9 Å². The molecule has 0 unspecified atom stereocenters. The molecular weight excluding hydrogens is 363 g/mol. The molecule has 0 heterocycles. The van der Waals surface area contributed by atoms with Crippen molar-refractivity contribution in [3.63, 3.8) is 0 Å². The molecule has 1 N–H and O–H groups in total. The lowest BCUT2D eigenvalue weighted by atomic mass is 10.2. The Kier molecular flexibility index (Phi) is 7.39. The Morgan fingerprint density at radius 3 is 2.72 bits per heavy atom. The normalized spacial score (nSPS) is 9.96. The summed E-state index contributed by atoms with van der Waals surface area (Å²) in [6.45, 7) is 0.975. The van der Waals surface area contributed by atoms with Gasteiger partial charge in [-0.15, -0.1) is 0 Å². The lowest BCUT2D eigenvalue weighted by molar-refractivity contribution is -0.120. The summed E-state index contributed by atoms with van der Waals surface area (Å²) < 4.78 is 11.2. The molecule has 0 aromatic heterocycles. The maximum absolute atomic E-state index is 11.3. The SMILES string of the molecule is N#CCC(=O)NCc1cccc(OCCOc2cc(Cl)ccc2Cl)c1. The van der Waals surface area contributed by atoms with Gasteiger partial charge >= 0.3 is 0 Å². The molecule has 0 spiro atoms. The number of carbonyl (C=O) groups is 1. The Morgan fingerprint density at radius 1 is 1.12 bits per heavy atom. The number of rotatable bonds is 8. The van der Waals surface area contributed by atoms with Crippen molar-refractivity contribution in [3.8, 4) is 17.6 Å². The van der Waals surface area contributed by atoms with Crippen LogP contribution in [0.2, 0.25) is 10.0 Å². The lowest BCUT2D eigenvalue weighted by Gasteiger charge is -2.11. The van der Waals surface area contributed by atoms with E-state index in [-0.39, 0.29) is 12.3 Å². The highest BCUT2D eigenvalue weighted by molar-refractivity contribution is 6.34. The molecule has 2 rings (SSSR count). The predicted octanol–water partition coefficient (Wildman–Crippen LogP) is 3.98. The number of benzene rings is 2. The van der Waals surface area contributed by atoms with Crippen molar-refractivity contribution < 1.29 is 14.3 Å². The third-order valence-corrected chi connectivity index (χ3v) is 3.68. The minimum absolute atomic E-state index is 0.153. The molecule has 0 fully saturated rings. The van der Waals surface area contributed by atoms with E-state index in [1.807, 2.05) is 24.3 Å². The third kappa shape index (κ3) is 6.54. The second-order valence-corrected chi connectivity index (χ2v) is 5.87. The molecule has 7 heteroatoms. The predicted molar refractivity (Wildman–Crippen MR) is 96.0 cm³/mol. The van der Waals surface area contributed by atoms with Crippen LogP contribution in [-0.2, 0) is 11.3 Å². The number of nitrogens with zero attached hydrogens (tertiary/aromatic N) is 1. The molecule has 0 aliphatic rings. The molecular formula is C18H16Cl2N2O3. The summed E-state index contributed by atoms with van der Waals surface area (Å²) >= 11 is 11.9. The summed E-state index contributed by atoms with van der Waals surface area (Å²) in [5, 5.41) is 12.1. The van der Waals surface area contributed by atoms with Crippen LogP contribution in [0.4, 0.5) is 0 Å². The molecule has 0 radical (unpaired) electrons. The van der Waals surface area contributed by atoms with Crippen molar-refractivity contribution in [2.75, 3.05) is 13.2 Å². The van der Waals surface area contributed by atoms with E-state index in [1.54, 1.807) is 24.3 Å². The van der Waals surface area contributed by atoms with Crippen LogP contribution in [0.15, 0.2) is 42.5 Å². The number of amides is 1. The van der Waals surface area contributed by atoms with Crippen molar-refractivity contribution in [1.29, 1.82) is 5.26 Å². The van der Waals surface area contributed by atoms with E-state index in [0.717, 1.165) is 5.56 Å². The van der Waals surface area contributed by atoms with Gasteiger partial charge < -0.3 is 14.8 Å². The standard InChI is InChI=1S/C18H16Cl2N2O3/c19-14-4-5-16(20)17(11-14)25-9-8-24-15-3-1-2-13(10-15)12-22-18(23)6-7-21/h1-5,10-11H,6,8-9,12H2,(H,22,23). The highest BCUT2D eigenvalue weighted by atomic mass is 35.5. The molecule has 0 saturated carbocycles. The zero-order valence-corrected chi connectivity index (χ0v) is 14.8. The number of hydrogen-bond acceptors (Lipinski definition) is 4. The Bertz CT molecular complexity index is 775. The van der Waals surface area contributed by atoms with Crippen molar-refractivity contribution in [2.24, 2.45) is 0 Å². The number of carbonyl (C=O) groups excluding carboxylic acids is 1. The van der Waals surface area contributed by atoms with Crippen molar-refractivity contribution >= 4 is 29.1 Å². The van der Waals surface area contributed by atoms with Crippen LogP contribution < -0.4 is 14.8 Å². The topological polar surface area (TPSA) is 71.4 Å². The van der Waals surface area contributed by atoms with Crippen molar-refractivity contribution in [3.05, 3.63) is 58.1 Å². The van der Waals surface area contributed by atoms with Crippen molar-refractivity contribution in [2.45, 2.75) is 13.0 Å². The number of nitriles is 1. The quantitative estimate of drug-likeness (QED) is 0.705. The maximum atomic E-state index is 11.3. The van der Waals surface area contributed by atoms with Gasteiger partial charge in [-0.05, 0) is 29.8 Å². The van der Waals surface area contributed by atoms with Gasteiger partial charge in [0, 0.05) is 17.6 Å². The van der Waals surface area contributed by atoms with Crippen LogP contribution in [0.3, 0.4) is 0 Å². The average molecular weight is 379 g/mol. The van der Waals surface area contributed by atoms with Crippen LogP contribution in [0.25, 0.3) is 0 Å². The molecule has 2 aromatic carbocycles. The van der Waals surface area contributed by atoms with Gasteiger partial charge in [-0.1, -0.05) is 35.3 Å². The van der Waals surface area contributed by atoms with Gasteiger partial charge in [-0.3, -0.25) is 4.79 Å². The Morgan fingerprint density at radius 2 is 1.92 bits per heavy atom. The van der Waals surface area contributed by atoms with Crippen LogP contribution in [0.5, 0.6) is 11.5 Å². The van der Waals surface area contributed by atoms with E-state index >= 15 is 0 Å². The molecule has 25 heavy (non-hydrogen) atoms. The average Bonchev–Trinajstić information content (AvgIpc) is 2.60. The molecule has 2 aromatic rings. The fourth-order valence-electron chi connectivity index (χ4n) is 1.98. The second-order valence-electron chi connectivity index (χ2n) is 5.03. The number of ether oxygens (including phenoxy) is 2. The Hall–Kier alpha value is -2.42. The van der Waals surface area contributed by atoms with Crippen LogP contribution in [0, 0.1) is 11.3 Å². The second kappa shape index (κ2) is 9.77. The van der Waals surface area contributed by atoms with Gasteiger partial charge in [0.15, 0.2) is 0 Å². The first-order chi connectivity index (χ1) is 12.1. The summed E-state index contributed by atoms with van der Waals surface area (Å²) in [6.07, 6.45) is -0.153. The van der Waals surface area contributed by atoms with Gasteiger partial charge in [-0.2, -0.15) is 5.26 Å². The van der Waals surface area contributed by atoms with E-state index in [1.165, 1.54) is 0 Å². The monoisotopic (exact) mass is 378 g/mol. The minimum atomic E-state index is -0.305. The smallest absolute Gasteiger partial charge is 0.234 e. The van der Waals surface area contributed by atoms with Crippen molar-refractivity contribution in [1.82, 2.24) is 5.32 Å². The molecule has 0 saturated heterocycles.